The van der Waals surface area contributed by atoms with Gasteiger partial charge in [-0.1, -0.05) is 0 Å². The average Bonchev–Trinajstić information content (AvgIpc) is 2.96. The highest BCUT2D eigenvalue weighted by atomic mass is 16.5. The number of hydrogen-bond donors (Lipinski definition) is 0. The van der Waals surface area contributed by atoms with E-state index in [1.54, 1.807) is 35.1 Å². The van der Waals surface area contributed by atoms with Crippen molar-refractivity contribution in [3.8, 4) is 11.8 Å². The molecule has 0 bridgehead atoms. The number of carbonyl (C=O) groups excluding carboxylic acids is 1. The third-order valence-electron chi connectivity index (χ3n) is 3.73. The quantitative estimate of drug-likeness (QED) is 0.833. The summed E-state index contributed by atoms with van der Waals surface area (Å²) in [4.78, 5) is 22.4. The van der Waals surface area contributed by atoms with Gasteiger partial charge in [0.25, 0.3) is 5.91 Å². The third-order valence-corrected chi connectivity index (χ3v) is 3.73. The van der Waals surface area contributed by atoms with Crippen LogP contribution in [0.25, 0.3) is 0 Å². The van der Waals surface area contributed by atoms with Crippen LogP contribution in [0.2, 0.25) is 0 Å². The number of aromatic nitrogens is 4. The Morgan fingerprint density at radius 1 is 1.43 bits per heavy atom. The summed E-state index contributed by atoms with van der Waals surface area (Å²) < 4.78 is 12.6. The molecule has 1 atom stereocenters. The van der Waals surface area contributed by atoms with Gasteiger partial charge in [-0.15, -0.1) is 5.10 Å². The number of aryl methyl sites for hydroxylation is 1. The van der Waals surface area contributed by atoms with Gasteiger partial charge in [-0.05, 0) is 12.8 Å². The Morgan fingerprint density at radius 3 is 3.04 bits per heavy atom. The van der Waals surface area contributed by atoms with Gasteiger partial charge in [0.15, 0.2) is 0 Å². The van der Waals surface area contributed by atoms with Crippen LogP contribution in [-0.2, 0) is 7.05 Å². The summed E-state index contributed by atoms with van der Waals surface area (Å²) in [5.74, 6) is 0.778. The van der Waals surface area contributed by atoms with Crippen LogP contribution < -0.4 is 9.47 Å². The number of amides is 1. The molecule has 8 nitrogen and oxygen atoms in total. The summed E-state index contributed by atoms with van der Waals surface area (Å²) in [6, 6.07) is 1.71. The van der Waals surface area contributed by atoms with Crippen LogP contribution in [0.4, 0.5) is 0 Å². The van der Waals surface area contributed by atoms with Crippen molar-refractivity contribution in [2.75, 3.05) is 20.2 Å². The lowest BCUT2D eigenvalue weighted by atomic mass is 10.1. The van der Waals surface area contributed by atoms with Gasteiger partial charge in [0.05, 0.1) is 13.7 Å². The first-order valence-corrected chi connectivity index (χ1v) is 7.47. The number of methoxy groups -OCH3 is 1. The topological polar surface area (TPSA) is 82.4 Å². The van der Waals surface area contributed by atoms with E-state index in [-0.39, 0.29) is 12.0 Å². The highest BCUT2D eigenvalue weighted by Gasteiger charge is 2.28. The van der Waals surface area contributed by atoms with Crippen LogP contribution in [0.15, 0.2) is 24.8 Å². The summed E-state index contributed by atoms with van der Waals surface area (Å²) in [6.45, 7) is 1.21. The molecule has 8 heteroatoms. The van der Waals surface area contributed by atoms with Crippen molar-refractivity contribution in [3.63, 3.8) is 0 Å². The zero-order valence-electron chi connectivity index (χ0n) is 13.2. The Morgan fingerprint density at radius 2 is 2.30 bits per heavy atom. The van der Waals surface area contributed by atoms with Gasteiger partial charge >= 0.3 is 0 Å². The number of hydrogen-bond acceptors (Lipinski definition) is 6. The molecule has 1 saturated heterocycles. The zero-order chi connectivity index (χ0) is 16.2. The largest absolute Gasteiger partial charge is 0.479 e. The maximum absolute atomic E-state index is 12.7. The number of carbonyl (C=O) groups is 1. The molecule has 2 aromatic rings. The maximum Gasteiger partial charge on any atom is 0.261 e. The minimum absolute atomic E-state index is 0.0785. The second-order valence-electron chi connectivity index (χ2n) is 5.41. The molecule has 0 aromatic carbocycles. The Labute approximate surface area is 134 Å². The molecular formula is C15H19N5O3. The molecule has 1 fully saturated rings. The van der Waals surface area contributed by atoms with Crippen LogP contribution >= 0.6 is 0 Å². The number of piperidine rings is 1. The second kappa shape index (κ2) is 6.64. The summed E-state index contributed by atoms with van der Waals surface area (Å²) in [6.07, 6.45) is 6.44. The summed E-state index contributed by atoms with van der Waals surface area (Å²) in [5.41, 5.74) is 0.470. The van der Waals surface area contributed by atoms with Crippen molar-refractivity contribution in [3.05, 3.63) is 30.4 Å². The summed E-state index contributed by atoms with van der Waals surface area (Å²) >= 11 is 0. The van der Waals surface area contributed by atoms with Crippen LogP contribution in [-0.4, -0.2) is 56.9 Å². The summed E-state index contributed by atoms with van der Waals surface area (Å²) in [7, 11) is 3.27. The van der Waals surface area contributed by atoms with E-state index in [4.69, 9.17) is 9.47 Å². The van der Waals surface area contributed by atoms with Crippen molar-refractivity contribution >= 4 is 5.91 Å². The highest BCUT2D eigenvalue weighted by molar-refractivity contribution is 5.96. The summed E-state index contributed by atoms with van der Waals surface area (Å²) in [5, 5.41) is 4.13. The lowest BCUT2D eigenvalue weighted by Crippen LogP contribution is -2.44. The first-order valence-electron chi connectivity index (χ1n) is 7.47. The first kappa shape index (κ1) is 15.3. The smallest absolute Gasteiger partial charge is 0.261 e. The van der Waals surface area contributed by atoms with Crippen LogP contribution in [0, 0.1) is 0 Å². The minimum Gasteiger partial charge on any atom is -0.479 e. The van der Waals surface area contributed by atoms with Gasteiger partial charge in [0, 0.05) is 32.1 Å². The predicted molar refractivity (Wildman–Crippen MR) is 81.3 cm³/mol. The normalized spacial score (nSPS) is 17.8. The first-order chi connectivity index (χ1) is 11.2. The van der Waals surface area contributed by atoms with Crippen molar-refractivity contribution in [1.82, 2.24) is 24.6 Å². The Balaban J connectivity index is 1.69. The fourth-order valence-corrected chi connectivity index (χ4v) is 2.67. The molecule has 0 N–H and O–H groups in total. The average molecular weight is 317 g/mol. The van der Waals surface area contributed by atoms with E-state index < -0.39 is 0 Å². The molecule has 23 heavy (non-hydrogen) atoms. The Kier molecular flexibility index (Phi) is 4.40. The molecule has 0 radical (unpaired) electrons. The minimum atomic E-state index is -0.0917. The van der Waals surface area contributed by atoms with E-state index in [0.717, 1.165) is 12.8 Å². The lowest BCUT2D eigenvalue weighted by Gasteiger charge is -2.32. The molecule has 3 heterocycles. The SMILES string of the molecule is COc1nn(C)cc1C(=O)N1CCCC(Oc2ccncn2)C1. The van der Waals surface area contributed by atoms with Gasteiger partial charge in [-0.25, -0.2) is 9.97 Å². The van der Waals surface area contributed by atoms with E-state index in [1.807, 2.05) is 0 Å². The Bertz CT molecular complexity index is 673. The molecule has 2 aromatic heterocycles. The van der Waals surface area contributed by atoms with Gasteiger partial charge < -0.3 is 14.4 Å². The van der Waals surface area contributed by atoms with Crippen molar-refractivity contribution < 1.29 is 14.3 Å². The number of likely N-dealkylation sites (tertiary alicyclic amines) is 1. The molecular weight excluding hydrogens is 298 g/mol. The van der Waals surface area contributed by atoms with Crippen molar-refractivity contribution in [2.45, 2.75) is 18.9 Å². The fraction of sp³-hybridized carbons (Fsp3) is 0.467. The third kappa shape index (κ3) is 3.41. The number of rotatable bonds is 4. The molecule has 0 saturated carbocycles. The van der Waals surface area contributed by atoms with E-state index in [2.05, 4.69) is 15.1 Å². The monoisotopic (exact) mass is 317 g/mol. The van der Waals surface area contributed by atoms with Gasteiger partial charge in [-0.3, -0.25) is 9.48 Å². The zero-order valence-corrected chi connectivity index (χ0v) is 13.2. The number of ether oxygens (including phenoxy) is 2. The highest BCUT2D eigenvalue weighted by Crippen LogP contribution is 2.21. The maximum atomic E-state index is 12.7. The van der Waals surface area contributed by atoms with Crippen molar-refractivity contribution in [1.29, 1.82) is 0 Å². The van der Waals surface area contributed by atoms with Crippen LogP contribution in [0.3, 0.4) is 0 Å². The predicted octanol–water partition coefficient (Wildman–Crippen LogP) is 0.902. The van der Waals surface area contributed by atoms with Gasteiger partial charge in [-0.2, -0.15) is 0 Å². The van der Waals surface area contributed by atoms with Gasteiger partial charge in [0.2, 0.25) is 11.8 Å². The molecule has 1 aliphatic rings. The van der Waals surface area contributed by atoms with Crippen LogP contribution in [0.1, 0.15) is 23.2 Å². The molecule has 122 valence electrons. The second-order valence-corrected chi connectivity index (χ2v) is 5.41. The van der Waals surface area contributed by atoms with Gasteiger partial charge in [0.1, 0.15) is 18.0 Å². The lowest BCUT2D eigenvalue weighted by molar-refractivity contribution is 0.0524. The van der Waals surface area contributed by atoms with E-state index >= 15 is 0 Å². The standard InChI is InChI=1S/C15H19N5O3/c1-19-9-12(14(18-19)22-2)15(21)20-7-3-4-11(8-20)23-13-5-6-16-10-17-13/h5-6,9-11H,3-4,7-8H2,1-2H3. The van der Waals surface area contributed by atoms with Crippen LogP contribution in [0.5, 0.6) is 11.8 Å². The number of nitrogens with zero attached hydrogens (tertiary/aromatic N) is 5. The molecule has 1 aliphatic heterocycles. The fourth-order valence-electron chi connectivity index (χ4n) is 2.67. The van der Waals surface area contributed by atoms with E-state index in [1.165, 1.54) is 13.4 Å². The van der Waals surface area contributed by atoms with E-state index in [0.29, 0.717) is 30.4 Å². The molecule has 0 aliphatic carbocycles. The molecule has 1 unspecified atom stereocenters. The molecule has 0 spiro atoms. The van der Waals surface area contributed by atoms with E-state index in [9.17, 15) is 4.79 Å². The molecule has 3 rings (SSSR count). The Hall–Kier alpha value is -2.64. The molecule has 1 amide bonds. The van der Waals surface area contributed by atoms with Crippen molar-refractivity contribution in [2.24, 2.45) is 7.05 Å².